The minimum atomic E-state index is -0.683. The lowest BCUT2D eigenvalue weighted by molar-refractivity contribution is -0.132. The van der Waals surface area contributed by atoms with Gasteiger partial charge in [0.25, 0.3) is 5.91 Å². The van der Waals surface area contributed by atoms with Crippen LogP contribution in [0.1, 0.15) is 33.3 Å². The zero-order valence-electron chi connectivity index (χ0n) is 23.8. The van der Waals surface area contributed by atoms with Gasteiger partial charge < -0.3 is 23.9 Å². The van der Waals surface area contributed by atoms with E-state index in [2.05, 4.69) is 15.5 Å². The number of para-hydroxylation sites is 1. The second-order valence-electron chi connectivity index (χ2n) is 9.36. The first-order valence-corrected chi connectivity index (χ1v) is 13.6. The van der Waals surface area contributed by atoms with Crippen LogP contribution in [0, 0.1) is 0 Å². The van der Waals surface area contributed by atoms with Crippen molar-refractivity contribution in [3.63, 3.8) is 0 Å². The molecule has 0 bridgehead atoms. The first-order chi connectivity index (χ1) is 21.3. The van der Waals surface area contributed by atoms with Gasteiger partial charge in [0.2, 0.25) is 0 Å². The highest BCUT2D eigenvalue weighted by atomic mass is 35.5. The summed E-state index contributed by atoms with van der Waals surface area (Å²) in [6.45, 7) is 1.26. The molecule has 44 heavy (non-hydrogen) atoms. The Morgan fingerprint density at radius 3 is 2.25 bits per heavy atom. The fourth-order valence-corrected chi connectivity index (χ4v) is 4.74. The number of hydrogen-bond acceptors (Lipinski definition) is 8. The van der Waals surface area contributed by atoms with Crippen LogP contribution in [0.3, 0.4) is 0 Å². The van der Waals surface area contributed by atoms with Crippen molar-refractivity contribution in [2.45, 2.75) is 6.92 Å². The molecular formula is C33H26ClN3O7. The Balaban J connectivity index is 1.32. The van der Waals surface area contributed by atoms with Crippen LogP contribution in [-0.4, -0.2) is 43.3 Å². The van der Waals surface area contributed by atoms with Gasteiger partial charge in [-0.3, -0.25) is 9.59 Å². The van der Waals surface area contributed by atoms with Gasteiger partial charge in [0.1, 0.15) is 5.69 Å². The molecule has 10 nitrogen and oxygen atoms in total. The number of amides is 1. The van der Waals surface area contributed by atoms with Crippen molar-refractivity contribution in [3.05, 3.63) is 107 Å². The smallest absolute Gasteiger partial charge is 0.343 e. The van der Waals surface area contributed by atoms with Crippen molar-refractivity contribution in [1.82, 2.24) is 10.4 Å². The number of aromatic nitrogens is 1. The highest BCUT2D eigenvalue weighted by Crippen LogP contribution is 2.36. The van der Waals surface area contributed by atoms with E-state index in [4.69, 9.17) is 30.5 Å². The number of esters is 2. The molecule has 0 aliphatic heterocycles. The lowest BCUT2D eigenvalue weighted by atomic mass is 10.0. The van der Waals surface area contributed by atoms with Gasteiger partial charge in [-0.15, -0.1) is 0 Å². The monoisotopic (exact) mass is 611 g/mol. The van der Waals surface area contributed by atoms with E-state index in [1.807, 2.05) is 42.5 Å². The van der Waals surface area contributed by atoms with Crippen molar-refractivity contribution in [2.24, 2.45) is 5.10 Å². The number of nitrogens with zero attached hydrogens (tertiary/aromatic N) is 1. The van der Waals surface area contributed by atoms with E-state index in [9.17, 15) is 14.4 Å². The molecule has 0 spiro atoms. The SMILES string of the molecule is COc1cc(C(=O)Oc2ccc(C=NNC(=O)c3[nH]c4c(Cl)cccc4c3-c3ccccc3)cc2OC)ccc1OC(C)=O. The minimum absolute atomic E-state index is 0.157. The van der Waals surface area contributed by atoms with Gasteiger partial charge in [-0.1, -0.05) is 54.1 Å². The Bertz CT molecular complexity index is 1900. The molecule has 1 aromatic heterocycles. The van der Waals surface area contributed by atoms with Crippen LogP contribution in [0.15, 0.2) is 90.0 Å². The fourth-order valence-electron chi connectivity index (χ4n) is 4.52. The molecule has 0 fully saturated rings. The summed E-state index contributed by atoms with van der Waals surface area (Å²) in [4.78, 5) is 40.5. The van der Waals surface area contributed by atoms with E-state index in [0.717, 1.165) is 10.9 Å². The lowest BCUT2D eigenvalue weighted by Gasteiger charge is -2.12. The van der Waals surface area contributed by atoms with Crippen LogP contribution in [-0.2, 0) is 4.79 Å². The predicted octanol–water partition coefficient (Wildman–Crippen LogP) is 6.41. The van der Waals surface area contributed by atoms with E-state index in [1.165, 1.54) is 51.6 Å². The summed E-state index contributed by atoms with van der Waals surface area (Å²) in [5.41, 5.74) is 5.82. The van der Waals surface area contributed by atoms with Crippen molar-refractivity contribution in [2.75, 3.05) is 14.2 Å². The molecule has 0 saturated carbocycles. The predicted molar refractivity (Wildman–Crippen MR) is 166 cm³/mol. The molecule has 0 saturated heterocycles. The zero-order chi connectivity index (χ0) is 31.2. The van der Waals surface area contributed by atoms with Crippen LogP contribution in [0.4, 0.5) is 0 Å². The maximum Gasteiger partial charge on any atom is 0.343 e. The van der Waals surface area contributed by atoms with Gasteiger partial charge in [0.15, 0.2) is 23.0 Å². The number of ether oxygens (including phenoxy) is 4. The van der Waals surface area contributed by atoms with E-state index in [0.29, 0.717) is 27.4 Å². The average Bonchev–Trinajstić information content (AvgIpc) is 3.43. The van der Waals surface area contributed by atoms with Crippen LogP contribution < -0.4 is 24.4 Å². The molecule has 5 rings (SSSR count). The number of methoxy groups -OCH3 is 2. The van der Waals surface area contributed by atoms with Crippen molar-refractivity contribution in [1.29, 1.82) is 0 Å². The highest BCUT2D eigenvalue weighted by molar-refractivity contribution is 6.36. The number of fused-ring (bicyclic) bond motifs is 1. The van der Waals surface area contributed by atoms with Crippen molar-refractivity contribution in [3.8, 4) is 34.1 Å². The number of carbonyl (C=O) groups is 3. The summed E-state index contributed by atoms with van der Waals surface area (Å²) in [7, 11) is 2.82. The van der Waals surface area contributed by atoms with Gasteiger partial charge in [-0.05, 0) is 53.6 Å². The van der Waals surface area contributed by atoms with E-state index >= 15 is 0 Å². The summed E-state index contributed by atoms with van der Waals surface area (Å²) in [6, 6.07) is 24.1. The number of H-pyrrole nitrogens is 1. The van der Waals surface area contributed by atoms with Gasteiger partial charge >= 0.3 is 11.9 Å². The second kappa shape index (κ2) is 13.1. The van der Waals surface area contributed by atoms with E-state index in [-0.39, 0.29) is 28.6 Å². The average molecular weight is 612 g/mol. The zero-order valence-corrected chi connectivity index (χ0v) is 24.6. The highest BCUT2D eigenvalue weighted by Gasteiger charge is 2.20. The number of hydrazone groups is 1. The molecule has 2 N–H and O–H groups in total. The topological polar surface area (TPSA) is 128 Å². The Hall–Kier alpha value is -5.61. The molecule has 0 unspecified atom stereocenters. The number of hydrogen-bond donors (Lipinski definition) is 2. The van der Waals surface area contributed by atoms with Crippen molar-refractivity contribution < 1.29 is 33.3 Å². The normalized spacial score (nSPS) is 10.9. The fraction of sp³-hybridized carbons (Fsp3) is 0.0909. The van der Waals surface area contributed by atoms with Crippen LogP contribution in [0.25, 0.3) is 22.0 Å². The quantitative estimate of drug-likeness (QED) is 0.0852. The van der Waals surface area contributed by atoms with E-state index in [1.54, 1.807) is 18.2 Å². The second-order valence-corrected chi connectivity index (χ2v) is 9.77. The molecule has 5 aromatic rings. The first-order valence-electron chi connectivity index (χ1n) is 13.2. The molecule has 11 heteroatoms. The van der Waals surface area contributed by atoms with Crippen LogP contribution >= 0.6 is 11.6 Å². The van der Waals surface area contributed by atoms with Gasteiger partial charge in [-0.25, -0.2) is 10.2 Å². The standard InChI is InChI=1S/C33H26ClN3O7/c1-19(38)43-25-15-13-22(17-28(25)42-3)33(40)44-26-14-12-20(16-27(26)41-2)18-35-37-32(39)31-29(21-8-5-4-6-9-21)23-10-7-11-24(34)30(23)36-31/h4-18,36H,1-3H3,(H,37,39). The third-order valence-electron chi connectivity index (χ3n) is 6.50. The summed E-state index contributed by atoms with van der Waals surface area (Å²) in [5.74, 6) is -0.877. The summed E-state index contributed by atoms with van der Waals surface area (Å²) < 4.78 is 21.2. The van der Waals surface area contributed by atoms with Crippen molar-refractivity contribution >= 4 is 46.6 Å². The van der Waals surface area contributed by atoms with Crippen LogP contribution in [0.5, 0.6) is 23.0 Å². The summed E-state index contributed by atoms with van der Waals surface area (Å²) in [6.07, 6.45) is 1.43. The van der Waals surface area contributed by atoms with Gasteiger partial charge in [0, 0.05) is 17.9 Å². The third-order valence-corrected chi connectivity index (χ3v) is 6.81. The number of rotatable bonds is 9. The van der Waals surface area contributed by atoms with E-state index < -0.39 is 17.8 Å². The maximum absolute atomic E-state index is 13.2. The lowest BCUT2D eigenvalue weighted by Crippen LogP contribution is -2.18. The molecule has 0 radical (unpaired) electrons. The maximum atomic E-state index is 13.2. The molecule has 0 aliphatic carbocycles. The number of nitrogens with one attached hydrogen (secondary N) is 2. The third kappa shape index (κ3) is 6.40. The van der Waals surface area contributed by atoms with Gasteiger partial charge in [-0.2, -0.15) is 5.10 Å². The summed E-state index contributed by atoms with van der Waals surface area (Å²) >= 11 is 6.41. The number of aromatic amines is 1. The Labute approximate surface area is 257 Å². The Morgan fingerprint density at radius 2 is 1.52 bits per heavy atom. The minimum Gasteiger partial charge on any atom is -0.493 e. The largest absolute Gasteiger partial charge is 0.493 e. The molecule has 1 heterocycles. The number of benzene rings is 4. The van der Waals surface area contributed by atoms with Gasteiger partial charge in [0.05, 0.1) is 36.5 Å². The molecular weight excluding hydrogens is 586 g/mol. The molecule has 1 amide bonds. The molecule has 222 valence electrons. The Kier molecular flexibility index (Phi) is 8.92. The molecule has 0 atom stereocenters. The number of halogens is 1. The number of carbonyl (C=O) groups excluding carboxylic acids is 3. The first kappa shape index (κ1) is 29.9. The van der Waals surface area contributed by atoms with Crippen LogP contribution in [0.2, 0.25) is 5.02 Å². The summed E-state index contributed by atoms with van der Waals surface area (Å²) in [5, 5.41) is 5.42. The molecule has 4 aromatic carbocycles. The molecule has 0 aliphatic rings. The Morgan fingerprint density at radius 1 is 0.818 bits per heavy atom.